The maximum atomic E-state index is 12.5. The van der Waals surface area contributed by atoms with Crippen LogP contribution < -0.4 is 20.1 Å². The van der Waals surface area contributed by atoms with E-state index in [0.717, 1.165) is 21.6 Å². The molecule has 0 aliphatic heterocycles. The van der Waals surface area contributed by atoms with Crippen molar-refractivity contribution in [1.29, 1.82) is 0 Å². The Morgan fingerprint density at radius 2 is 1.55 bits per heavy atom. The summed E-state index contributed by atoms with van der Waals surface area (Å²) in [6.07, 6.45) is -4.74. The highest BCUT2D eigenvalue weighted by molar-refractivity contribution is 7.30. The molecule has 31 heavy (non-hydrogen) atoms. The van der Waals surface area contributed by atoms with Gasteiger partial charge >= 0.3 is 6.36 Å². The number of ether oxygens (including phenoxy) is 2. The lowest BCUT2D eigenvalue weighted by Crippen LogP contribution is -2.23. The lowest BCUT2D eigenvalue weighted by molar-refractivity contribution is -0.274. The summed E-state index contributed by atoms with van der Waals surface area (Å²) in [5.41, 5.74) is 0.805. The van der Waals surface area contributed by atoms with Crippen molar-refractivity contribution in [3.8, 4) is 11.5 Å². The van der Waals surface area contributed by atoms with Crippen LogP contribution in [0, 0.1) is 0 Å². The predicted octanol–water partition coefficient (Wildman–Crippen LogP) is 5.96. The Morgan fingerprint density at radius 1 is 0.839 bits per heavy atom. The summed E-state index contributed by atoms with van der Waals surface area (Å²) in [6.45, 7) is 0. The molecule has 9 heteroatoms. The van der Waals surface area contributed by atoms with Crippen LogP contribution in [-0.4, -0.2) is 12.3 Å². The zero-order chi connectivity index (χ0) is 22.0. The first kappa shape index (κ1) is 21.8. The number of benzene rings is 3. The molecule has 2 unspecified atom stereocenters. The number of aliphatic imine (C=N–C) groups is 1. The van der Waals surface area contributed by atoms with Gasteiger partial charge in [0, 0.05) is 4.70 Å². The van der Waals surface area contributed by atoms with Crippen molar-refractivity contribution in [2.45, 2.75) is 6.36 Å². The van der Waals surface area contributed by atoms with Crippen LogP contribution in [-0.2, 0) is 0 Å². The smallest absolute Gasteiger partial charge is 0.438 e. The fourth-order valence-corrected chi connectivity index (χ4v) is 4.84. The Bertz CT molecular complexity index is 1240. The molecule has 0 aliphatic carbocycles. The van der Waals surface area contributed by atoms with E-state index < -0.39 is 6.36 Å². The molecule has 4 aromatic rings. The first-order valence-electron chi connectivity index (χ1n) is 9.04. The minimum atomic E-state index is -4.74. The normalized spacial score (nSPS) is 12.2. The summed E-state index contributed by atoms with van der Waals surface area (Å²) in [7, 11) is 5.35. The van der Waals surface area contributed by atoms with Gasteiger partial charge in [0.05, 0.1) is 5.56 Å². The van der Waals surface area contributed by atoms with Crippen molar-refractivity contribution in [3.63, 3.8) is 0 Å². The van der Waals surface area contributed by atoms with Crippen LogP contribution in [0.5, 0.6) is 11.5 Å². The summed E-state index contributed by atoms with van der Waals surface area (Å²) in [4.78, 5) is 4.71. The van der Waals surface area contributed by atoms with Crippen LogP contribution >= 0.6 is 29.8 Å². The van der Waals surface area contributed by atoms with Crippen LogP contribution in [0.4, 0.5) is 18.2 Å². The Labute approximate surface area is 185 Å². The van der Waals surface area contributed by atoms with Gasteiger partial charge in [-0.2, -0.15) is 0 Å². The third kappa shape index (κ3) is 5.43. The number of alkyl halides is 3. The maximum absolute atomic E-state index is 12.5. The molecule has 3 nitrogen and oxygen atoms in total. The van der Waals surface area contributed by atoms with Gasteiger partial charge in [-0.05, 0) is 52.4 Å². The number of fused-ring (bicyclic) bond motifs is 1. The third-order valence-electron chi connectivity index (χ3n) is 4.22. The molecule has 4 rings (SSSR count). The first-order chi connectivity index (χ1) is 14.8. The molecule has 0 amide bonds. The number of rotatable bonds is 4. The molecule has 0 radical (unpaired) electrons. The van der Waals surface area contributed by atoms with E-state index in [1.54, 1.807) is 12.1 Å². The van der Waals surface area contributed by atoms with Crippen LogP contribution in [0.2, 0.25) is 0 Å². The van der Waals surface area contributed by atoms with Crippen LogP contribution in [0.15, 0.2) is 77.8 Å². The molecule has 0 saturated heterocycles. The lowest BCUT2D eigenvalue weighted by atomic mass is 10.2. The van der Waals surface area contributed by atoms with E-state index in [9.17, 15) is 13.2 Å². The second kappa shape index (κ2) is 8.96. The summed E-state index contributed by atoms with van der Waals surface area (Å²) in [5, 5.41) is 3.18. The van der Waals surface area contributed by atoms with E-state index >= 15 is 0 Å². The number of halogens is 3. The van der Waals surface area contributed by atoms with Crippen molar-refractivity contribution in [3.05, 3.63) is 78.4 Å². The second-order valence-electron chi connectivity index (χ2n) is 6.48. The fourth-order valence-electron chi connectivity index (χ4n) is 2.92. The number of hydrogen-bond donors (Lipinski definition) is 0. The van der Waals surface area contributed by atoms with Gasteiger partial charge in [-0.1, -0.05) is 36.4 Å². The van der Waals surface area contributed by atoms with Crippen molar-refractivity contribution in [1.82, 2.24) is 0 Å². The number of thiophene rings is 1. The second-order valence-corrected chi connectivity index (χ2v) is 8.78. The van der Waals surface area contributed by atoms with Gasteiger partial charge in [0.15, 0.2) is 0 Å². The topological polar surface area (TPSA) is 30.8 Å². The molecule has 0 bridgehead atoms. The Kier molecular flexibility index (Phi) is 6.29. The fraction of sp³-hybridized carbons (Fsp3) is 0.0455. The van der Waals surface area contributed by atoms with E-state index in [0.29, 0.717) is 21.3 Å². The van der Waals surface area contributed by atoms with Gasteiger partial charge in [-0.3, -0.25) is 0 Å². The SMILES string of the molecule is FC(F)(F)Oc1ccc2cc(N=C(Oc3ccccc3)c3c(P)cccc3P)sc2c1. The predicted molar refractivity (Wildman–Crippen MR) is 127 cm³/mol. The molecule has 158 valence electrons. The number of nitrogens with zero attached hydrogens (tertiary/aromatic N) is 1. The molecule has 1 aromatic heterocycles. The minimum Gasteiger partial charge on any atom is -0.438 e. The van der Waals surface area contributed by atoms with Crippen LogP contribution in [0.1, 0.15) is 5.56 Å². The lowest BCUT2D eigenvalue weighted by Gasteiger charge is -2.13. The average molecular weight is 477 g/mol. The molecule has 0 aliphatic rings. The van der Waals surface area contributed by atoms with Crippen molar-refractivity contribution in [2.75, 3.05) is 0 Å². The summed E-state index contributed by atoms with van der Waals surface area (Å²) in [5.74, 6) is 0.752. The van der Waals surface area contributed by atoms with E-state index in [2.05, 4.69) is 23.2 Å². The number of hydrogen-bond acceptors (Lipinski definition) is 4. The summed E-state index contributed by atoms with van der Waals surface area (Å²) in [6, 6.07) is 21.1. The van der Waals surface area contributed by atoms with E-state index in [4.69, 9.17) is 9.73 Å². The van der Waals surface area contributed by atoms with Gasteiger partial charge < -0.3 is 9.47 Å². The van der Waals surface area contributed by atoms with Crippen LogP contribution in [0.25, 0.3) is 10.1 Å². The van der Waals surface area contributed by atoms with Gasteiger partial charge in [-0.15, -0.1) is 43.0 Å². The molecular weight excluding hydrogens is 461 g/mol. The summed E-state index contributed by atoms with van der Waals surface area (Å²) < 4.78 is 48.3. The Morgan fingerprint density at radius 3 is 2.23 bits per heavy atom. The molecule has 0 saturated carbocycles. The molecule has 2 atom stereocenters. The quantitative estimate of drug-likeness (QED) is 0.206. The number of para-hydroxylation sites is 1. The highest BCUT2D eigenvalue weighted by Crippen LogP contribution is 2.36. The highest BCUT2D eigenvalue weighted by atomic mass is 32.1. The first-order valence-corrected chi connectivity index (χ1v) is 11.0. The molecular formula is C22H16F3NO2P2S. The van der Waals surface area contributed by atoms with Crippen molar-refractivity contribution < 1.29 is 22.6 Å². The van der Waals surface area contributed by atoms with Gasteiger partial charge in [0.25, 0.3) is 0 Å². The Hall–Kier alpha value is -2.46. The van der Waals surface area contributed by atoms with Gasteiger partial charge in [0.1, 0.15) is 16.5 Å². The van der Waals surface area contributed by atoms with E-state index in [1.165, 1.54) is 23.5 Å². The Balaban J connectivity index is 1.77. The van der Waals surface area contributed by atoms with Gasteiger partial charge in [-0.25, -0.2) is 4.99 Å². The van der Waals surface area contributed by atoms with Crippen molar-refractivity contribution >= 4 is 61.4 Å². The standard InChI is InChI=1S/C22H16F3NO2P2S/c23-22(24,25)28-15-10-9-13-11-19(31-18(13)12-15)26-21(27-14-5-2-1-3-6-14)20-16(29)7-4-8-17(20)30/h1-12H,29-30H2. The minimum absolute atomic E-state index is 0.263. The molecule has 0 fully saturated rings. The molecule has 0 spiro atoms. The largest absolute Gasteiger partial charge is 0.573 e. The van der Waals surface area contributed by atoms with Crippen LogP contribution in [0.3, 0.4) is 0 Å². The summed E-state index contributed by atoms with van der Waals surface area (Å²) >= 11 is 1.25. The third-order valence-corrected chi connectivity index (χ3v) is 6.18. The van der Waals surface area contributed by atoms with Gasteiger partial charge in [0.2, 0.25) is 5.90 Å². The van der Waals surface area contributed by atoms with E-state index in [-0.39, 0.29) is 5.75 Å². The van der Waals surface area contributed by atoms with E-state index in [1.807, 2.05) is 48.5 Å². The monoisotopic (exact) mass is 477 g/mol. The average Bonchev–Trinajstić information content (AvgIpc) is 3.09. The molecule has 3 aromatic carbocycles. The highest BCUT2D eigenvalue weighted by Gasteiger charge is 2.31. The zero-order valence-corrected chi connectivity index (χ0v) is 19.0. The van der Waals surface area contributed by atoms with Crippen molar-refractivity contribution in [2.24, 2.45) is 4.99 Å². The molecule has 0 N–H and O–H groups in total. The molecule has 1 heterocycles. The zero-order valence-electron chi connectivity index (χ0n) is 15.9. The maximum Gasteiger partial charge on any atom is 0.573 e.